The number of aromatic nitrogens is 1. The van der Waals surface area contributed by atoms with Crippen LogP contribution in [-0.2, 0) is 7.05 Å². The van der Waals surface area contributed by atoms with E-state index in [0.717, 1.165) is 16.6 Å². The maximum absolute atomic E-state index is 10.4. The van der Waals surface area contributed by atoms with Crippen LogP contribution in [0.3, 0.4) is 0 Å². The highest BCUT2D eigenvalue weighted by Gasteiger charge is 2.13. The van der Waals surface area contributed by atoms with E-state index in [4.69, 9.17) is 0 Å². The quantitative estimate of drug-likeness (QED) is 0.727. The summed E-state index contributed by atoms with van der Waals surface area (Å²) in [6.45, 7) is 0. The molecule has 0 aliphatic carbocycles. The lowest BCUT2D eigenvalue weighted by Crippen LogP contribution is -2.04. The van der Waals surface area contributed by atoms with Crippen LogP contribution < -0.4 is 0 Å². The minimum Gasteiger partial charge on any atom is -0.382 e. The van der Waals surface area contributed by atoms with E-state index in [1.165, 1.54) is 5.39 Å². The van der Waals surface area contributed by atoms with Crippen LogP contribution in [0.2, 0.25) is 0 Å². The third-order valence-corrected chi connectivity index (χ3v) is 3.35. The van der Waals surface area contributed by atoms with E-state index >= 15 is 0 Å². The highest BCUT2D eigenvalue weighted by molar-refractivity contribution is 5.83. The summed E-state index contributed by atoms with van der Waals surface area (Å²) in [6.07, 6.45) is 1.37. The van der Waals surface area contributed by atoms with Crippen LogP contribution in [0.5, 0.6) is 0 Å². The minimum absolute atomic E-state index is 0.574. The van der Waals surface area contributed by atoms with Crippen molar-refractivity contribution in [2.45, 2.75) is 6.10 Å². The van der Waals surface area contributed by atoms with Crippen molar-refractivity contribution in [3.05, 3.63) is 72.1 Å². The van der Waals surface area contributed by atoms with Gasteiger partial charge in [-0.05, 0) is 34.5 Å². The molecule has 2 nitrogen and oxygen atoms in total. The molecule has 0 saturated carbocycles. The van der Waals surface area contributed by atoms with E-state index in [-0.39, 0.29) is 0 Å². The van der Waals surface area contributed by atoms with Crippen molar-refractivity contribution < 1.29 is 5.11 Å². The molecule has 18 heavy (non-hydrogen) atoms. The first-order valence-electron chi connectivity index (χ1n) is 6.04. The molecule has 1 atom stereocenters. The lowest BCUT2D eigenvalue weighted by Gasteiger charge is -2.13. The molecular formula is C16H15NO. The Morgan fingerprint density at radius 3 is 2.44 bits per heavy atom. The van der Waals surface area contributed by atoms with Crippen LogP contribution in [0.4, 0.5) is 0 Å². The number of benzene rings is 2. The molecule has 2 heteroatoms. The molecule has 1 aromatic heterocycles. The zero-order valence-corrected chi connectivity index (χ0v) is 10.2. The Bertz CT molecular complexity index is 684. The molecule has 3 rings (SSSR count). The number of aryl methyl sites for hydroxylation is 1. The zero-order chi connectivity index (χ0) is 12.5. The second kappa shape index (κ2) is 4.31. The summed E-state index contributed by atoms with van der Waals surface area (Å²) in [4.78, 5) is 0. The third kappa shape index (κ3) is 1.81. The summed E-state index contributed by atoms with van der Waals surface area (Å²) < 4.78 is 1.94. The van der Waals surface area contributed by atoms with Gasteiger partial charge in [-0.1, -0.05) is 36.4 Å². The predicted octanol–water partition coefficient (Wildman–Crippen LogP) is 3.26. The summed E-state index contributed by atoms with van der Waals surface area (Å²) in [6, 6.07) is 18.2. The van der Waals surface area contributed by atoms with Crippen LogP contribution in [0.1, 0.15) is 17.4 Å². The fourth-order valence-electron chi connectivity index (χ4n) is 2.31. The van der Waals surface area contributed by atoms with Crippen molar-refractivity contribution >= 4 is 10.8 Å². The summed E-state index contributed by atoms with van der Waals surface area (Å²) in [7, 11) is 1.94. The molecule has 1 heterocycles. The van der Waals surface area contributed by atoms with Crippen LogP contribution in [0, 0.1) is 0 Å². The number of hydrogen-bond acceptors (Lipinski definition) is 1. The first kappa shape index (κ1) is 11.1. The Labute approximate surface area is 106 Å². The molecule has 0 unspecified atom stereocenters. The molecular weight excluding hydrogens is 222 g/mol. The van der Waals surface area contributed by atoms with Gasteiger partial charge in [0.25, 0.3) is 0 Å². The fraction of sp³-hybridized carbons (Fsp3) is 0.125. The number of aliphatic hydroxyl groups excluding tert-OH is 1. The zero-order valence-electron chi connectivity index (χ0n) is 10.2. The SMILES string of the molecule is Cn1cccc1[C@H](O)c1ccc2ccccc2c1. The first-order valence-corrected chi connectivity index (χ1v) is 6.04. The Balaban J connectivity index is 2.07. The van der Waals surface area contributed by atoms with Gasteiger partial charge >= 0.3 is 0 Å². The van der Waals surface area contributed by atoms with Crippen molar-refractivity contribution in [1.29, 1.82) is 0 Å². The molecule has 0 aliphatic rings. The normalized spacial score (nSPS) is 12.8. The molecule has 0 saturated heterocycles. The van der Waals surface area contributed by atoms with Crippen LogP contribution in [0.15, 0.2) is 60.8 Å². The number of hydrogen-bond donors (Lipinski definition) is 1. The van der Waals surface area contributed by atoms with Crippen molar-refractivity contribution in [3.8, 4) is 0 Å². The van der Waals surface area contributed by atoms with E-state index in [9.17, 15) is 5.11 Å². The Morgan fingerprint density at radius 1 is 0.944 bits per heavy atom. The molecule has 0 aliphatic heterocycles. The van der Waals surface area contributed by atoms with E-state index in [2.05, 4.69) is 18.2 Å². The van der Waals surface area contributed by atoms with Crippen molar-refractivity contribution in [2.24, 2.45) is 7.05 Å². The van der Waals surface area contributed by atoms with Crippen molar-refractivity contribution in [1.82, 2.24) is 4.57 Å². The second-order valence-electron chi connectivity index (χ2n) is 4.55. The smallest absolute Gasteiger partial charge is 0.119 e. The van der Waals surface area contributed by atoms with Gasteiger partial charge in [-0.2, -0.15) is 0 Å². The highest BCUT2D eigenvalue weighted by Crippen LogP contribution is 2.25. The molecule has 2 aromatic carbocycles. The van der Waals surface area contributed by atoms with E-state index < -0.39 is 6.10 Å². The Hall–Kier alpha value is -2.06. The second-order valence-corrected chi connectivity index (χ2v) is 4.55. The largest absolute Gasteiger partial charge is 0.382 e. The molecule has 3 aromatic rings. The van der Waals surface area contributed by atoms with Gasteiger partial charge in [-0.25, -0.2) is 0 Å². The van der Waals surface area contributed by atoms with Gasteiger partial charge in [-0.15, -0.1) is 0 Å². The van der Waals surface area contributed by atoms with Crippen LogP contribution in [0.25, 0.3) is 10.8 Å². The maximum atomic E-state index is 10.4. The van der Waals surface area contributed by atoms with Gasteiger partial charge in [0.15, 0.2) is 0 Å². The highest BCUT2D eigenvalue weighted by atomic mass is 16.3. The van der Waals surface area contributed by atoms with Crippen molar-refractivity contribution in [3.63, 3.8) is 0 Å². The topological polar surface area (TPSA) is 25.2 Å². The van der Waals surface area contributed by atoms with Crippen molar-refractivity contribution in [2.75, 3.05) is 0 Å². The standard InChI is InChI=1S/C16H15NO/c1-17-10-4-7-15(17)16(18)14-9-8-12-5-2-3-6-13(12)11-14/h2-11,16,18H,1H3/t16-/m1/s1. The molecule has 0 radical (unpaired) electrons. The van der Waals surface area contributed by atoms with E-state index in [1.807, 2.05) is 54.2 Å². The Morgan fingerprint density at radius 2 is 1.72 bits per heavy atom. The number of aliphatic hydroxyl groups is 1. The Kier molecular flexibility index (Phi) is 2.65. The molecule has 0 fully saturated rings. The van der Waals surface area contributed by atoms with Gasteiger partial charge in [0.2, 0.25) is 0 Å². The lowest BCUT2D eigenvalue weighted by molar-refractivity contribution is 0.211. The summed E-state index contributed by atoms with van der Waals surface area (Å²) in [5.74, 6) is 0. The van der Waals surface area contributed by atoms with Crippen LogP contribution in [-0.4, -0.2) is 9.67 Å². The first-order chi connectivity index (χ1) is 8.75. The van der Waals surface area contributed by atoms with Gasteiger partial charge in [0.1, 0.15) is 6.10 Å². The number of rotatable bonds is 2. The number of fused-ring (bicyclic) bond motifs is 1. The molecule has 1 N–H and O–H groups in total. The summed E-state index contributed by atoms with van der Waals surface area (Å²) >= 11 is 0. The fourth-order valence-corrected chi connectivity index (χ4v) is 2.31. The summed E-state index contributed by atoms with van der Waals surface area (Å²) in [5.41, 5.74) is 1.83. The molecule has 0 bridgehead atoms. The van der Waals surface area contributed by atoms with E-state index in [1.54, 1.807) is 0 Å². The summed E-state index contributed by atoms with van der Waals surface area (Å²) in [5, 5.41) is 12.8. The molecule has 0 spiro atoms. The lowest BCUT2D eigenvalue weighted by atomic mass is 10.0. The maximum Gasteiger partial charge on any atom is 0.119 e. The van der Waals surface area contributed by atoms with Crippen LogP contribution >= 0.6 is 0 Å². The third-order valence-electron chi connectivity index (χ3n) is 3.35. The predicted molar refractivity (Wildman–Crippen MR) is 73.4 cm³/mol. The monoisotopic (exact) mass is 237 g/mol. The molecule has 90 valence electrons. The van der Waals surface area contributed by atoms with Gasteiger partial charge in [-0.3, -0.25) is 0 Å². The molecule has 0 amide bonds. The van der Waals surface area contributed by atoms with Gasteiger partial charge in [0, 0.05) is 13.2 Å². The van der Waals surface area contributed by atoms with E-state index in [0.29, 0.717) is 0 Å². The van der Waals surface area contributed by atoms with Gasteiger partial charge < -0.3 is 9.67 Å². The van der Waals surface area contributed by atoms with Gasteiger partial charge in [0.05, 0.1) is 5.69 Å². The average molecular weight is 237 g/mol. The minimum atomic E-state index is -0.574. The average Bonchev–Trinajstić information content (AvgIpc) is 2.83. The number of nitrogens with zero attached hydrogens (tertiary/aromatic N) is 1.